The van der Waals surface area contributed by atoms with E-state index in [2.05, 4.69) is 20.1 Å². The molecule has 2 aromatic heterocycles. The van der Waals surface area contributed by atoms with Crippen molar-refractivity contribution in [3.63, 3.8) is 0 Å². The normalized spacial score (nSPS) is 15.3. The largest absolute Gasteiger partial charge is 0.573 e. The number of halogens is 6. The number of alkyl halides is 6. The number of hydrogen-bond acceptors (Lipinski definition) is 6. The Labute approximate surface area is 224 Å². The van der Waals surface area contributed by atoms with Crippen molar-refractivity contribution in [1.82, 2.24) is 19.7 Å². The van der Waals surface area contributed by atoms with Gasteiger partial charge in [-0.3, -0.25) is 9.48 Å². The monoisotopic (exact) mass is 573 g/mol. The molecule has 0 saturated carbocycles. The Morgan fingerprint density at radius 2 is 1.70 bits per heavy atom. The first-order valence-electron chi connectivity index (χ1n) is 12.1. The maximum Gasteiger partial charge on any atom is 0.573 e. The maximum atomic E-state index is 13.1. The van der Waals surface area contributed by atoms with Gasteiger partial charge in [-0.25, -0.2) is 9.78 Å². The Morgan fingerprint density at radius 3 is 2.30 bits per heavy atom. The van der Waals surface area contributed by atoms with Crippen LogP contribution in [-0.2, 0) is 10.9 Å². The van der Waals surface area contributed by atoms with Crippen molar-refractivity contribution in [2.45, 2.75) is 57.8 Å². The number of anilines is 1. The molecule has 3 aromatic rings. The van der Waals surface area contributed by atoms with Crippen LogP contribution in [0.2, 0.25) is 0 Å². The molecule has 1 fully saturated rings. The molecule has 0 bridgehead atoms. The van der Waals surface area contributed by atoms with Gasteiger partial charge in [-0.1, -0.05) is 6.07 Å². The summed E-state index contributed by atoms with van der Waals surface area (Å²) in [5.74, 6) is -1.97. The van der Waals surface area contributed by atoms with Crippen LogP contribution < -0.4 is 10.1 Å². The molecular weight excluding hydrogens is 548 g/mol. The molecule has 4 rings (SSSR count). The van der Waals surface area contributed by atoms with E-state index in [1.165, 1.54) is 6.07 Å². The lowest BCUT2D eigenvalue weighted by atomic mass is 10.1. The van der Waals surface area contributed by atoms with Crippen LogP contribution in [0.3, 0.4) is 0 Å². The van der Waals surface area contributed by atoms with Gasteiger partial charge in [-0.15, -0.1) is 13.2 Å². The van der Waals surface area contributed by atoms with Crippen LogP contribution in [0.5, 0.6) is 5.75 Å². The summed E-state index contributed by atoms with van der Waals surface area (Å²) in [7, 11) is 0. The maximum absolute atomic E-state index is 13.1. The number of carbonyl (C=O) groups excluding carboxylic acids is 2. The lowest BCUT2D eigenvalue weighted by molar-refractivity contribution is -0.274. The van der Waals surface area contributed by atoms with Gasteiger partial charge in [0, 0.05) is 30.7 Å². The Morgan fingerprint density at radius 1 is 1.02 bits per heavy atom. The highest BCUT2D eigenvalue weighted by Gasteiger charge is 2.35. The fourth-order valence-electron chi connectivity index (χ4n) is 4.11. The van der Waals surface area contributed by atoms with E-state index < -0.39 is 53.0 Å². The number of likely N-dealkylation sites (tertiary alicyclic amines) is 1. The fourth-order valence-corrected chi connectivity index (χ4v) is 4.11. The number of benzene rings is 1. The SMILES string of the molecule is CC(C)(C)OC(=O)N1CCC(n2cc3cc(NC(=O)c4cccc(C(F)(F)F)n4)c(OC(F)(F)F)cc3n2)CC1. The number of nitrogens with one attached hydrogen (secondary N) is 1. The minimum absolute atomic E-state index is 0.129. The van der Waals surface area contributed by atoms with E-state index in [9.17, 15) is 35.9 Å². The fraction of sp³-hybridized carbons (Fsp3) is 0.440. The highest BCUT2D eigenvalue weighted by atomic mass is 19.4. The van der Waals surface area contributed by atoms with Crippen LogP contribution >= 0.6 is 0 Å². The molecule has 15 heteroatoms. The second kappa shape index (κ2) is 10.5. The summed E-state index contributed by atoms with van der Waals surface area (Å²) in [6, 6.07) is 4.60. The Hall–Kier alpha value is -4.04. The molecule has 3 heterocycles. The zero-order valence-electron chi connectivity index (χ0n) is 21.6. The molecule has 216 valence electrons. The third kappa shape index (κ3) is 7.12. The van der Waals surface area contributed by atoms with Gasteiger partial charge >= 0.3 is 18.6 Å². The Kier molecular flexibility index (Phi) is 7.60. The second-order valence-electron chi connectivity index (χ2n) is 10.1. The highest BCUT2D eigenvalue weighted by Crippen LogP contribution is 2.36. The van der Waals surface area contributed by atoms with Crippen molar-refractivity contribution < 1.29 is 45.4 Å². The van der Waals surface area contributed by atoms with E-state index in [0.717, 1.165) is 18.2 Å². The minimum atomic E-state index is -5.13. The highest BCUT2D eigenvalue weighted by molar-refractivity contribution is 6.05. The number of rotatable bonds is 4. The average Bonchev–Trinajstić information content (AvgIpc) is 3.24. The lowest BCUT2D eigenvalue weighted by Crippen LogP contribution is -2.42. The Bertz CT molecular complexity index is 1410. The summed E-state index contributed by atoms with van der Waals surface area (Å²) in [5.41, 5.74) is -2.94. The van der Waals surface area contributed by atoms with E-state index in [1.54, 1.807) is 36.5 Å². The predicted molar refractivity (Wildman–Crippen MR) is 130 cm³/mol. The molecule has 0 atom stereocenters. The number of pyridine rings is 1. The summed E-state index contributed by atoms with van der Waals surface area (Å²) in [6.45, 7) is 6.04. The molecular formula is C25H25F6N5O4. The summed E-state index contributed by atoms with van der Waals surface area (Å²) in [5, 5.41) is 6.86. The quantitative estimate of drug-likeness (QED) is 0.375. The van der Waals surface area contributed by atoms with Crippen LogP contribution in [0.4, 0.5) is 36.8 Å². The molecule has 0 aliphatic carbocycles. The molecule has 2 amide bonds. The summed E-state index contributed by atoms with van der Waals surface area (Å²) in [6.07, 6.45) is -7.82. The molecule has 1 N–H and O–H groups in total. The van der Waals surface area contributed by atoms with Crippen molar-refractivity contribution in [1.29, 1.82) is 0 Å². The molecule has 0 radical (unpaired) electrons. The van der Waals surface area contributed by atoms with Crippen molar-refractivity contribution >= 4 is 28.6 Å². The van der Waals surface area contributed by atoms with Crippen LogP contribution in [-0.4, -0.2) is 56.7 Å². The molecule has 0 unspecified atom stereocenters. The number of fused-ring (bicyclic) bond motifs is 1. The van der Waals surface area contributed by atoms with Crippen LogP contribution in [0.15, 0.2) is 36.5 Å². The van der Waals surface area contributed by atoms with E-state index in [4.69, 9.17) is 4.74 Å². The first kappa shape index (κ1) is 29.0. The zero-order chi connectivity index (χ0) is 29.5. The van der Waals surface area contributed by atoms with Crippen molar-refractivity contribution in [2.75, 3.05) is 18.4 Å². The minimum Gasteiger partial charge on any atom is -0.444 e. The summed E-state index contributed by atoms with van der Waals surface area (Å²) in [4.78, 5) is 29.8. The average molecular weight is 573 g/mol. The molecule has 40 heavy (non-hydrogen) atoms. The van der Waals surface area contributed by atoms with Gasteiger partial charge in [-0.2, -0.15) is 18.3 Å². The van der Waals surface area contributed by atoms with Crippen LogP contribution in [0.25, 0.3) is 10.9 Å². The summed E-state index contributed by atoms with van der Waals surface area (Å²) < 4.78 is 89.4. The van der Waals surface area contributed by atoms with Gasteiger partial charge in [0.15, 0.2) is 5.75 Å². The van der Waals surface area contributed by atoms with Gasteiger partial charge in [0.05, 0.1) is 17.2 Å². The van der Waals surface area contributed by atoms with Crippen LogP contribution in [0, 0.1) is 0 Å². The zero-order valence-corrected chi connectivity index (χ0v) is 21.6. The van der Waals surface area contributed by atoms with Gasteiger partial charge in [0.1, 0.15) is 17.0 Å². The Balaban J connectivity index is 1.57. The van der Waals surface area contributed by atoms with Crippen molar-refractivity contribution in [3.8, 4) is 5.75 Å². The van der Waals surface area contributed by atoms with E-state index >= 15 is 0 Å². The third-order valence-electron chi connectivity index (χ3n) is 5.86. The van der Waals surface area contributed by atoms with Gasteiger partial charge in [0.2, 0.25) is 0 Å². The molecule has 1 saturated heterocycles. The number of nitrogens with zero attached hydrogens (tertiary/aromatic N) is 4. The third-order valence-corrected chi connectivity index (χ3v) is 5.86. The number of ether oxygens (including phenoxy) is 2. The standard InChI is InChI=1S/C25H25F6N5O4/c1-23(2,3)40-22(38)35-9-7-15(8-10-35)36-13-14-11-18(19(12-17(14)34-36)39-25(29,30)31)33-21(37)16-5-4-6-20(32-16)24(26,27)28/h4-6,11-13,15H,7-10H2,1-3H3,(H,33,37). The molecule has 1 aliphatic rings. The van der Waals surface area contributed by atoms with Crippen molar-refractivity contribution in [2.24, 2.45) is 0 Å². The van der Waals surface area contributed by atoms with Gasteiger partial charge in [-0.05, 0) is 51.8 Å². The molecule has 1 aromatic carbocycles. The van der Waals surface area contributed by atoms with E-state index in [0.29, 0.717) is 37.4 Å². The lowest BCUT2D eigenvalue weighted by Gasteiger charge is -2.33. The molecule has 0 spiro atoms. The first-order valence-corrected chi connectivity index (χ1v) is 12.1. The molecule has 9 nitrogen and oxygen atoms in total. The van der Waals surface area contributed by atoms with Gasteiger partial charge in [0.25, 0.3) is 5.91 Å². The molecule has 1 aliphatic heterocycles. The van der Waals surface area contributed by atoms with Crippen molar-refractivity contribution in [3.05, 3.63) is 47.9 Å². The van der Waals surface area contributed by atoms with Crippen LogP contribution in [0.1, 0.15) is 55.8 Å². The smallest absolute Gasteiger partial charge is 0.444 e. The topological polar surface area (TPSA) is 98.6 Å². The number of amides is 2. The van der Waals surface area contributed by atoms with Gasteiger partial charge < -0.3 is 19.7 Å². The summed E-state index contributed by atoms with van der Waals surface area (Å²) >= 11 is 0. The first-order chi connectivity index (χ1) is 18.5. The van der Waals surface area contributed by atoms with E-state index in [1.807, 2.05) is 0 Å². The second-order valence-corrected chi connectivity index (χ2v) is 10.1. The number of aromatic nitrogens is 3. The number of carbonyl (C=O) groups is 2. The predicted octanol–water partition coefficient (Wildman–Crippen LogP) is 6.17. The number of piperidine rings is 1. The number of hydrogen-bond donors (Lipinski definition) is 1. The van der Waals surface area contributed by atoms with E-state index in [-0.39, 0.29) is 11.6 Å².